The molecule has 0 aromatic carbocycles. The van der Waals surface area contributed by atoms with Crippen LogP contribution in [0.1, 0.15) is 33.0 Å². The van der Waals surface area contributed by atoms with Crippen LogP contribution < -0.4 is 0 Å². The van der Waals surface area contributed by atoms with Gasteiger partial charge in [0.1, 0.15) is 11.8 Å². The zero-order valence-corrected chi connectivity index (χ0v) is 15.4. The van der Waals surface area contributed by atoms with Crippen molar-refractivity contribution in [1.82, 2.24) is 19.4 Å². The molecule has 0 saturated carbocycles. The Bertz CT molecular complexity index is 615. The molecule has 9 nitrogen and oxygen atoms in total. The van der Waals surface area contributed by atoms with E-state index in [1.165, 1.54) is 6.20 Å². The van der Waals surface area contributed by atoms with Crippen molar-refractivity contribution in [2.75, 3.05) is 32.7 Å². The summed E-state index contributed by atoms with van der Waals surface area (Å²) < 4.78 is 7.02. The van der Waals surface area contributed by atoms with Gasteiger partial charge in [0, 0.05) is 39.6 Å². The van der Waals surface area contributed by atoms with Gasteiger partial charge in [0.15, 0.2) is 5.82 Å². The molecule has 0 bridgehead atoms. The Labute approximate surface area is 147 Å². The number of piperazine rings is 1. The highest BCUT2D eigenvalue weighted by Crippen LogP contribution is 2.15. The molecule has 1 aliphatic rings. The molecule has 0 aliphatic carbocycles. The van der Waals surface area contributed by atoms with Crippen LogP contribution >= 0.6 is 0 Å². The first-order valence-electron chi connectivity index (χ1n) is 8.54. The van der Waals surface area contributed by atoms with Crippen LogP contribution in [0.3, 0.4) is 0 Å². The fourth-order valence-electron chi connectivity index (χ4n) is 2.81. The molecule has 9 heteroatoms. The number of hydrogen-bond acceptors (Lipinski definition) is 6. The Morgan fingerprint density at radius 1 is 1.28 bits per heavy atom. The predicted molar refractivity (Wildman–Crippen MR) is 92.5 cm³/mol. The van der Waals surface area contributed by atoms with Crippen molar-refractivity contribution >= 4 is 11.9 Å². The minimum atomic E-state index is -0.481. The molecule has 25 heavy (non-hydrogen) atoms. The quantitative estimate of drug-likeness (QED) is 0.594. The third-order valence-corrected chi connectivity index (χ3v) is 4.10. The standard InChI is InChI=1S/C16H27N5O4/c1-13-17-12-14(21(23)24)20(13)7-5-6-18-8-10-19(11-9-18)15(22)25-16(2,3)4/h12H,5-11H2,1-4H3. The van der Waals surface area contributed by atoms with E-state index in [1.54, 1.807) is 16.4 Å². The van der Waals surface area contributed by atoms with E-state index in [2.05, 4.69) is 9.88 Å². The number of hydrogen-bond donors (Lipinski definition) is 0. The second-order valence-electron chi connectivity index (χ2n) is 7.23. The molecular weight excluding hydrogens is 326 g/mol. The Hall–Kier alpha value is -2.16. The van der Waals surface area contributed by atoms with Gasteiger partial charge in [0.2, 0.25) is 0 Å². The Kier molecular flexibility index (Phi) is 5.99. The van der Waals surface area contributed by atoms with Gasteiger partial charge in [-0.3, -0.25) is 4.90 Å². The van der Waals surface area contributed by atoms with Crippen molar-refractivity contribution < 1.29 is 14.5 Å². The Balaban J connectivity index is 1.75. The molecule has 2 rings (SSSR count). The van der Waals surface area contributed by atoms with Gasteiger partial charge >= 0.3 is 11.9 Å². The molecule has 0 atom stereocenters. The van der Waals surface area contributed by atoms with Crippen LogP contribution in [0.15, 0.2) is 6.20 Å². The van der Waals surface area contributed by atoms with Crippen LogP contribution in [0.25, 0.3) is 0 Å². The average molecular weight is 353 g/mol. The fraction of sp³-hybridized carbons (Fsp3) is 0.750. The molecule has 0 N–H and O–H groups in total. The van der Waals surface area contributed by atoms with Crippen LogP contribution in [0.4, 0.5) is 10.6 Å². The number of nitro groups is 1. The van der Waals surface area contributed by atoms with Gasteiger partial charge in [0.25, 0.3) is 0 Å². The van der Waals surface area contributed by atoms with Crippen LogP contribution in [-0.4, -0.2) is 68.7 Å². The van der Waals surface area contributed by atoms with E-state index in [4.69, 9.17) is 4.74 Å². The van der Waals surface area contributed by atoms with Gasteiger partial charge in [-0.05, 0) is 32.1 Å². The lowest BCUT2D eigenvalue weighted by molar-refractivity contribution is -0.392. The Morgan fingerprint density at radius 2 is 1.92 bits per heavy atom. The third-order valence-electron chi connectivity index (χ3n) is 4.10. The lowest BCUT2D eigenvalue weighted by Gasteiger charge is -2.35. The van der Waals surface area contributed by atoms with Gasteiger partial charge in [-0.2, -0.15) is 0 Å². The molecule has 0 radical (unpaired) electrons. The molecule has 1 aliphatic heterocycles. The van der Waals surface area contributed by atoms with E-state index >= 15 is 0 Å². The second kappa shape index (κ2) is 7.81. The monoisotopic (exact) mass is 353 g/mol. The summed E-state index contributed by atoms with van der Waals surface area (Å²) in [6, 6.07) is 0. The number of imidazole rings is 1. The molecule has 1 fully saturated rings. The number of carbonyl (C=O) groups is 1. The van der Waals surface area contributed by atoms with Gasteiger partial charge in [-0.25, -0.2) is 14.3 Å². The maximum atomic E-state index is 12.0. The number of rotatable bonds is 5. The van der Waals surface area contributed by atoms with E-state index in [9.17, 15) is 14.9 Å². The second-order valence-corrected chi connectivity index (χ2v) is 7.23. The van der Waals surface area contributed by atoms with Crippen LogP contribution in [-0.2, 0) is 11.3 Å². The average Bonchev–Trinajstić information content (AvgIpc) is 2.88. The molecule has 1 aromatic heterocycles. The summed E-state index contributed by atoms with van der Waals surface area (Å²) in [5, 5.41) is 11.0. The summed E-state index contributed by atoms with van der Waals surface area (Å²) in [7, 11) is 0. The maximum Gasteiger partial charge on any atom is 0.410 e. The summed E-state index contributed by atoms with van der Waals surface area (Å²) in [6.45, 7) is 11.6. The van der Waals surface area contributed by atoms with Crippen molar-refractivity contribution in [3.05, 3.63) is 22.1 Å². The summed E-state index contributed by atoms with van der Waals surface area (Å²) in [4.78, 5) is 30.6. The predicted octanol–water partition coefficient (Wildman–Crippen LogP) is 2.04. The minimum absolute atomic E-state index is 0.0345. The highest BCUT2D eigenvalue weighted by atomic mass is 16.6. The molecule has 1 saturated heterocycles. The van der Waals surface area contributed by atoms with E-state index in [1.807, 2.05) is 20.8 Å². The van der Waals surface area contributed by atoms with Crippen molar-refractivity contribution in [3.8, 4) is 0 Å². The van der Waals surface area contributed by atoms with E-state index in [0.717, 1.165) is 26.1 Å². The zero-order valence-electron chi connectivity index (χ0n) is 15.4. The fourth-order valence-corrected chi connectivity index (χ4v) is 2.81. The van der Waals surface area contributed by atoms with Gasteiger partial charge in [-0.1, -0.05) is 0 Å². The number of aryl methyl sites for hydroxylation is 1. The molecule has 0 unspecified atom stereocenters. The Morgan fingerprint density at radius 3 is 2.48 bits per heavy atom. The van der Waals surface area contributed by atoms with Crippen molar-refractivity contribution in [3.63, 3.8) is 0 Å². The normalized spacial score (nSPS) is 16.1. The first-order chi connectivity index (χ1) is 11.7. The molecule has 2 heterocycles. The largest absolute Gasteiger partial charge is 0.444 e. The summed E-state index contributed by atoms with van der Waals surface area (Å²) in [5.41, 5.74) is -0.481. The first kappa shape index (κ1) is 19.2. The molecular formula is C16H27N5O4. The molecule has 1 amide bonds. The minimum Gasteiger partial charge on any atom is -0.444 e. The number of amides is 1. The number of aromatic nitrogens is 2. The highest BCUT2D eigenvalue weighted by Gasteiger charge is 2.26. The summed E-state index contributed by atoms with van der Waals surface area (Å²) >= 11 is 0. The third kappa shape index (κ3) is 5.42. The molecule has 1 aromatic rings. The summed E-state index contributed by atoms with van der Waals surface area (Å²) in [6.07, 6.45) is 1.83. The van der Waals surface area contributed by atoms with Gasteiger partial charge in [0.05, 0.1) is 6.54 Å². The maximum absolute atomic E-state index is 12.0. The molecule has 140 valence electrons. The highest BCUT2D eigenvalue weighted by molar-refractivity contribution is 5.68. The lowest BCUT2D eigenvalue weighted by Crippen LogP contribution is -2.50. The summed E-state index contributed by atoms with van der Waals surface area (Å²) in [5.74, 6) is 0.689. The van der Waals surface area contributed by atoms with Gasteiger partial charge < -0.3 is 19.8 Å². The molecule has 0 spiro atoms. The van der Waals surface area contributed by atoms with Crippen molar-refractivity contribution in [2.24, 2.45) is 0 Å². The van der Waals surface area contributed by atoms with Crippen LogP contribution in [0, 0.1) is 17.0 Å². The first-order valence-corrected chi connectivity index (χ1v) is 8.54. The van der Waals surface area contributed by atoms with Gasteiger partial charge in [-0.15, -0.1) is 0 Å². The van der Waals surface area contributed by atoms with Crippen LogP contribution in [0.5, 0.6) is 0 Å². The lowest BCUT2D eigenvalue weighted by atomic mass is 10.2. The number of nitrogens with zero attached hydrogens (tertiary/aromatic N) is 5. The van der Waals surface area contributed by atoms with E-state index in [-0.39, 0.29) is 11.9 Å². The van der Waals surface area contributed by atoms with Crippen molar-refractivity contribution in [2.45, 2.75) is 46.3 Å². The number of carbonyl (C=O) groups excluding carboxylic acids is 1. The smallest absolute Gasteiger partial charge is 0.410 e. The van der Waals surface area contributed by atoms with E-state index in [0.29, 0.717) is 25.5 Å². The van der Waals surface area contributed by atoms with Crippen LogP contribution in [0.2, 0.25) is 0 Å². The van der Waals surface area contributed by atoms with Crippen molar-refractivity contribution in [1.29, 1.82) is 0 Å². The zero-order chi connectivity index (χ0) is 18.6. The SMILES string of the molecule is Cc1ncc([N+](=O)[O-])n1CCCN1CCN(C(=O)OC(C)(C)C)CC1. The topological polar surface area (TPSA) is 93.7 Å². The number of ether oxygens (including phenoxy) is 1. The van der Waals surface area contributed by atoms with E-state index < -0.39 is 10.5 Å².